The topological polar surface area (TPSA) is 381 Å². The summed E-state index contributed by atoms with van der Waals surface area (Å²) in [6, 6.07) is 1.85. The minimum atomic E-state index is -1.46. The van der Waals surface area contributed by atoms with E-state index in [-0.39, 0.29) is 88.3 Å². The largest absolute Gasteiger partial charge is 0.370 e. The van der Waals surface area contributed by atoms with Crippen LogP contribution in [0, 0.1) is 11.8 Å². The zero-order valence-electron chi connectivity index (χ0n) is 39.7. The third-order valence-electron chi connectivity index (χ3n) is 12.1. The van der Waals surface area contributed by atoms with E-state index in [2.05, 4.69) is 36.6 Å². The van der Waals surface area contributed by atoms with Crippen molar-refractivity contribution in [1.29, 1.82) is 0 Å². The molecule has 1 aliphatic heterocycles. The Kier molecular flexibility index (Phi) is 24.1. The molecule has 1 aromatic carbocycles. The maximum absolute atomic E-state index is 14.6. The number of rotatable bonds is 29. The molecule has 1 heterocycles. The van der Waals surface area contributed by atoms with Crippen LogP contribution in [-0.4, -0.2) is 120 Å². The standard InChI is InChI=1S/C46H76N14O8/c1-28(2)25-34(55-38(62)21-9-17-29-13-5-3-6-14-29)41(65)59-35(26-30-15-7-4-8-16-30)42(66)57-32(19-11-23-54-46(51)52)44(68)60-24-12-20-36(60)43(67)56-31(18-10-22-53-45(49)50)40(64)58-33(39(48)63)27-37(47)61/h4,7-8,15-16,28-29,31-36H,3,5-6,9-14,17-27H2,1-2H3,(H2,47,61)(H2,48,63)(H,55,62)(H,56,67)(H,57,66)(H,58,64)(H,59,65)(H4,49,50,53)(H4,51,52,54)/t31-,32-,33-,34-,35-,36-/m0/s1. The third-order valence-corrected chi connectivity index (χ3v) is 12.1. The monoisotopic (exact) mass is 953 g/mol. The number of nitrogens with two attached hydrogens (primary N) is 6. The number of guanidine groups is 2. The zero-order valence-corrected chi connectivity index (χ0v) is 39.7. The highest BCUT2D eigenvalue weighted by Gasteiger charge is 2.40. The predicted molar refractivity (Wildman–Crippen MR) is 257 cm³/mol. The highest BCUT2D eigenvalue weighted by atomic mass is 16.2. The summed E-state index contributed by atoms with van der Waals surface area (Å²) in [5.41, 5.74) is 33.4. The number of primary amides is 2. The quantitative estimate of drug-likeness (QED) is 0.0259. The lowest BCUT2D eigenvalue weighted by Gasteiger charge is -2.31. The molecular formula is C46H76N14O8. The predicted octanol–water partition coefficient (Wildman–Crippen LogP) is -1.09. The van der Waals surface area contributed by atoms with Crippen molar-refractivity contribution in [2.75, 3.05) is 19.6 Å². The molecule has 0 unspecified atom stereocenters. The van der Waals surface area contributed by atoms with Gasteiger partial charge in [0.05, 0.1) is 6.42 Å². The van der Waals surface area contributed by atoms with Crippen molar-refractivity contribution in [1.82, 2.24) is 31.5 Å². The molecule has 6 atom stereocenters. The van der Waals surface area contributed by atoms with Crippen LogP contribution in [0.3, 0.4) is 0 Å². The van der Waals surface area contributed by atoms with Crippen LogP contribution in [0.4, 0.5) is 0 Å². The lowest BCUT2D eigenvalue weighted by atomic mass is 9.86. The molecule has 378 valence electrons. The van der Waals surface area contributed by atoms with Crippen LogP contribution in [0.5, 0.6) is 0 Å². The summed E-state index contributed by atoms with van der Waals surface area (Å²) in [6.07, 6.45) is 8.85. The number of likely N-dealkylation sites (tertiary alicyclic amines) is 1. The lowest BCUT2D eigenvalue weighted by Crippen LogP contribution is -2.59. The average molecular weight is 953 g/mol. The van der Waals surface area contributed by atoms with Gasteiger partial charge in [0.15, 0.2) is 11.9 Å². The smallest absolute Gasteiger partial charge is 0.245 e. The second-order valence-corrected chi connectivity index (χ2v) is 18.2. The number of hydrogen-bond donors (Lipinski definition) is 11. The van der Waals surface area contributed by atoms with Gasteiger partial charge in [-0.15, -0.1) is 0 Å². The fourth-order valence-corrected chi connectivity index (χ4v) is 8.60. The van der Waals surface area contributed by atoms with E-state index in [0.29, 0.717) is 18.8 Å². The van der Waals surface area contributed by atoms with E-state index in [4.69, 9.17) is 34.4 Å². The maximum Gasteiger partial charge on any atom is 0.245 e. The van der Waals surface area contributed by atoms with Gasteiger partial charge in [-0.2, -0.15) is 0 Å². The summed E-state index contributed by atoms with van der Waals surface area (Å²) in [6.45, 7) is 4.21. The highest BCUT2D eigenvalue weighted by molar-refractivity contribution is 5.98. The van der Waals surface area contributed by atoms with Crippen LogP contribution in [-0.2, 0) is 44.8 Å². The molecular weight excluding hydrogens is 877 g/mol. The van der Waals surface area contributed by atoms with E-state index < -0.39 is 84.0 Å². The van der Waals surface area contributed by atoms with Crippen LogP contribution in [0.2, 0.25) is 0 Å². The van der Waals surface area contributed by atoms with E-state index in [0.717, 1.165) is 18.4 Å². The normalized spacial score (nSPS) is 17.0. The van der Waals surface area contributed by atoms with E-state index in [1.165, 1.54) is 37.0 Å². The summed E-state index contributed by atoms with van der Waals surface area (Å²) in [7, 11) is 0. The molecule has 2 fully saturated rings. The summed E-state index contributed by atoms with van der Waals surface area (Å²) in [4.78, 5) is 117. The first-order chi connectivity index (χ1) is 32.3. The molecule has 22 heteroatoms. The van der Waals surface area contributed by atoms with Crippen molar-refractivity contribution in [3.63, 3.8) is 0 Å². The van der Waals surface area contributed by atoms with Crippen LogP contribution >= 0.6 is 0 Å². The van der Waals surface area contributed by atoms with Crippen molar-refractivity contribution in [3.05, 3.63) is 35.9 Å². The molecule has 0 radical (unpaired) electrons. The lowest BCUT2D eigenvalue weighted by molar-refractivity contribution is -0.142. The Morgan fingerprint density at radius 3 is 1.81 bits per heavy atom. The Hall–Kier alpha value is -6.48. The molecule has 3 rings (SSSR count). The zero-order chi connectivity index (χ0) is 50.2. The molecule has 1 aliphatic carbocycles. The van der Waals surface area contributed by atoms with E-state index in [9.17, 15) is 38.4 Å². The Morgan fingerprint density at radius 1 is 0.647 bits per heavy atom. The molecule has 17 N–H and O–H groups in total. The number of nitrogens with zero attached hydrogens (tertiary/aromatic N) is 3. The molecule has 0 aromatic heterocycles. The summed E-state index contributed by atoms with van der Waals surface area (Å²) in [5, 5.41) is 13.7. The summed E-state index contributed by atoms with van der Waals surface area (Å²) in [5.74, 6) is -5.24. The van der Waals surface area contributed by atoms with Crippen LogP contribution in [0.25, 0.3) is 0 Å². The molecule has 0 spiro atoms. The SMILES string of the molecule is CC(C)C[C@H](NC(=O)CCCC1CCCCC1)C(=O)N[C@@H](Cc1ccccc1)C(=O)N[C@@H](CCCN=C(N)N)C(=O)N1CCC[C@H]1C(=O)N[C@@H](CCCN=C(N)N)C(=O)N[C@@H](CC(N)=O)C(N)=O. The van der Waals surface area contributed by atoms with Crippen LogP contribution in [0.1, 0.15) is 122 Å². The minimum Gasteiger partial charge on any atom is -0.370 e. The van der Waals surface area contributed by atoms with Gasteiger partial charge in [0.25, 0.3) is 0 Å². The number of aliphatic imine (C=N–C) groups is 2. The van der Waals surface area contributed by atoms with E-state index in [1.54, 1.807) is 24.3 Å². The van der Waals surface area contributed by atoms with Gasteiger partial charge in [0.1, 0.15) is 36.3 Å². The second kappa shape index (κ2) is 29.3. The van der Waals surface area contributed by atoms with Gasteiger partial charge in [-0.3, -0.25) is 48.3 Å². The van der Waals surface area contributed by atoms with Gasteiger partial charge in [0, 0.05) is 32.5 Å². The van der Waals surface area contributed by atoms with Gasteiger partial charge in [-0.25, -0.2) is 0 Å². The summed E-state index contributed by atoms with van der Waals surface area (Å²) < 4.78 is 0. The first-order valence-electron chi connectivity index (χ1n) is 23.9. The van der Waals surface area contributed by atoms with Gasteiger partial charge in [-0.1, -0.05) is 76.3 Å². The molecule has 2 aliphatic rings. The number of benzene rings is 1. The third kappa shape index (κ3) is 20.6. The Labute approximate surface area is 399 Å². The van der Waals surface area contributed by atoms with Crippen molar-refractivity contribution in [3.8, 4) is 0 Å². The Morgan fingerprint density at radius 2 is 1.22 bits per heavy atom. The van der Waals surface area contributed by atoms with E-state index in [1.807, 2.05) is 19.9 Å². The molecule has 68 heavy (non-hydrogen) atoms. The van der Waals surface area contributed by atoms with Crippen molar-refractivity contribution >= 4 is 59.2 Å². The molecule has 0 bridgehead atoms. The van der Waals surface area contributed by atoms with Crippen LogP contribution < -0.4 is 61.0 Å². The van der Waals surface area contributed by atoms with E-state index >= 15 is 0 Å². The first kappa shape index (κ1) is 55.8. The number of hydrogen-bond acceptors (Lipinski definition) is 10. The van der Waals surface area contributed by atoms with Crippen molar-refractivity contribution in [2.45, 2.75) is 159 Å². The van der Waals surface area contributed by atoms with Gasteiger partial charge >= 0.3 is 0 Å². The number of carbonyl (C=O) groups excluding carboxylic acids is 8. The number of amides is 8. The number of carbonyl (C=O) groups is 8. The average Bonchev–Trinajstić information content (AvgIpc) is 3.78. The van der Waals surface area contributed by atoms with Crippen molar-refractivity contribution < 1.29 is 38.4 Å². The van der Waals surface area contributed by atoms with Gasteiger partial charge < -0.3 is 65.9 Å². The van der Waals surface area contributed by atoms with Gasteiger partial charge in [0.2, 0.25) is 47.3 Å². The fraction of sp³-hybridized carbons (Fsp3) is 0.652. The molecule has 1 aromatic rings. The minimum absolute atomic E-state index is 0.0167. The molecule has 1 saturated heterocycles. The van der Waals surface area contributed by atoms with Gasteiger partial charge in [-0.05, 0) is 75.2 Å². The van der Waals surface area contributed by atoms with Crippen LogP contribution in [0.15, 0.2) is 40.3 Å². The second-order valence-electron chi connectivity index (χ2n) is 18.2. The molecule has 1 saturated carbocycles. The highest BCUT2D eigenvalue weighted by Crippen LogP contribution is 2.28. The maximum atomic E-state index is 14.6. The summed E-state index contributed by atoms with van der Waals surface area (Å²) >= 11 is 0. The number of nitrogens with one attached hydrogen (secondary N) is 5. The Bertz CT molecular complexity index is 1900. The first-order valence-corrected chi connectivity index (χ1v) is 23.9. The molecule has 8 amide bonds. The fourth-order valence-electron chi connectivity index (χ4n) is 8.60. The Balaban J connectivity index is 1.86. The van der Waals surface area contributed by atoms with Crippen molar-refractivity contribution in [2.24, 2.45) is 56.2 Å². The molecule has 22 nitrogen and oxygen atoms in total.